The Labute approximate surface area is 87.0 Å². The van der Waals surface area contributed by atoms with Crippen molar-refractivity contribution in [2.24, 2.45) is 5.92 Å². The molecule has 0 aliphatic rings. The zero-order chi connectivity index (χ0) is 10.4. The van der Waals surface area contributed by atoms with Gasteiger partial charge in [0.05, 0.1) is 0 Å². The van der Waals surface area contributed by atoms with E-state index in [9.17, 15) is 0 Å². The van der Waals surface area contributed by atoms with Crippen molar-refractivity contribution in [1.29, 1.82) is 0 Å². The van der Waals surface area contributed by atoms with Gasteiger partial charge in [-0.15, -0.1) is 0 Å². The zero-order valence-corrected chi connectivity index (χ0v) is 9.40. The van der Waals surface area contributed by atoms with Crippen LogP contribution in [0.25, 0.3) is 0 Å². The highest BCUT2D eigenvalue weighted by molar-refractivity contribution is 5.44. The van der Waals surface area contributed by atoms with E-state index in [1.807, 2.05) is 12.4 Å². The Kier molecular flexibility index (Phi) is 4.44. The molecule has 0 aromatic carbocycles. The van der Waals surface area contributed by atoms with Crippen LogP contribution >= 0.6 is 0 Å². The van der Waals surface area contributed by atoms with Gasteiger partial charge in [-0.2, -0.15) is 0 Å². The molecule has 14 heavy (non-hydrogen) atoms. The van der Waals surface area contributed by atoms with E-state index in [0.29, 0.717) is 0 Å². The lowest BCUT2D eigenvalue weighted by Gasteiger charge is -2.23. The van der Waals surface area contributed by atoms with Gasteiger partial charge >= 0.3 is 0 Å². The molecule has 0 bridgehead atoms. The molecule has 1 aromatic rings. The van der Waals surface area contributed by atoms with Crippen molar-refractivity contribution in [3.63, 3.8) is 0 Å². The number of hydrogen-bond acceptors (Lipinski definition) is 2. The second-order valence-corrected chi connectivity index (χ2v) is 3.97. The van der Waals surface area contributed by atoms with Gasteiger partial charge in [0.15, 0.2) is 0 Å². The highest BCUT2D eigenvalue weighted by Crippen LogP contribution is 2.13. The lowest BCUT2D eigenvalue weighted by atomic mass is 10.1. The molecule has 0 spiro atoms. The summed E-state index contributed by atoms with van der Waals surface area (Å²) in [5.74, 6) is 0.769. The zero-order valence-electron chi connectivity index (χ0n) is 9.40. The molecule has 78 valence electrons. The number of rotatable bonds is 5. The van der Waals surface area contributed by atoms with Gasteiger partial charge in [-0.3, -0.25) is 4.98 Å². The van der Waals surface area contributed by atoms with Crippen molar-refractivity contribution < 1.29 is 0 Å². The van der Waals surface area contributed by atoms with Gasteiger partial charge in [-0.1, -0.05) is 13.8 Å². The fraction of sp³-hybridized carbons (Fsp3) is 0.583. The van der Waals surface area contributed by atoms with E-state index in [-0.39, 0.29) is 0 Å². The molecule has 1 aromatic heterocycles. The fourth-order valence-electron chi connectivity index (χ4n) is 1.44. The fourth-order valence-corrected chi connectivity index (χ4v) is 1.44. The first-order valence-corrected chi connectivity index (χ1v) is 5.39. The summed E-state index contributed by atoms with van der Waals surface area (Å²) in [7, 11) is 0. The summed E-state index contributed by atoms with van der Waals surface area (Å²) in [4.78, 5) is 6.42. The van der Waals surface area contributed by atoms with Crippen LogP contribution in [0.1, 0.15) is 27.2 Å². The Morgan fingerprint density at radius 1 is 1.29 bits per heavy atom. The number of hydrogen-bond donors (Lipinski definition) is 0. The van der Waals surface area contributed by atoms with Gasteiger partial charge in [0, 0.05) is 31.2 Å². The second kappa shape index (κ2) is 5.63. The monoisotopic (exact) mass is 192 g/mol. The van der Waals surface area contributed by atoms with E-state index in [4.69, 9.17) is 0 Å². The molecule has 0 unspecified atom stereocenters. The number of anilines is 1. The van der Waals surface area contributed by atoms with Crippen molar-refractivity contribution in [3.8, 4) is 0 Å². The van der Waals surface area contributed by atoms with Crippen LogP contribution in [-0.4, -0.2) is 18.1 Å². The predicted molar refractivity (Wildman–Crippen MR) is 61.6 cm³/mol. The summed E-state index contributed by atoms with van der Waals surface area (Å²) in [6, 6.07) is 4.15. The van der Waals surface area contributed by atoms with Gasteiger partial charge < -0.3 is 4.90 Å². The molecule has 0 aliphatic heterocycles. The molecule has 0 radical (unpaired) electrons. The van der Waals surface area contributed by atoms with E-state index in [2.05, 4.69) is 42.8 Å². The minimum absolute atomic E-state index is 0.769. The Balaban J connectivity index is 2.54. The average Bonchev–Trinajstić information content (AvgIpc) is 2.20. The third-order valence-electron chi connectivity index (χ3n) is 2.39. The Hall–Kier alpha value is -1.05. The maximum atomic E-state index is 4.03. The summed E-state index contributed by atoms with van der Waals surface area (Å²) in [5, 5.41) is 0. The molecular formula is C12H20N2. The minimum Gasteiger partial charge on any atom is -0.372 e. The largest absolute Gasteiger partial charge is 0.372 e. The van der Waals surface area contributed by atoms with Crippen LogP contribution in [0.2, 0.25) is 0 Å². The van der Waals surface area contributed by atoms with Gasteiger partial charge in [0.25, 0.3) is 0 Å². The van der Waals surface area contributed by atoms with Gasteiger partial charge in [0.2, 0.25) is 0 Å². The molecule has 2 nitrogen and oxygen atoms in total. The van der Waals surface area contributed by atoms with E-state index >= 15 is 0 Å². The molecule has 0 saturated carbocycles. The number of aromatic nitrogens is 1. The van der Waals surface area contributed by atoms with Crippen molar-refractivity contribution in [3.05, 3.63) is 24.5 Å². The Morgan fingerprint density at radius 3 is 2.43 bits per heavy atom. The average molecular weight is 192 g/mol. The van der Waals surface area contributed by atoms with Crippen LogP contribution in [0.4, 0.5) is 5.69 Å². The summed E-state index contributed by atoms with van der Waals surface area (Å²) < 4.78 is 0. The van der Waals surface area contributed by atoms with E-state index in [0.717, 1.165) is 19.0 Å². The predicted octanol–water partition coefficient (Wildman–Crippen LogP) is 2.95. The van der Waals surface area contributed by atoms with Gasteiger partial charge in [-0.05, 0) is 31.4 Å². The van der Waals surface area contributed by atoms with Crippen LogP contribution in [0.3, 0.4) is 0 Å². The van der Waals surface area contributed by atoms with Crippen molar-refractivity contribution in [2.75, 3.05) is 18.0 Å². The molecule has 0 amide bonds. The molecule has 1 heterocycles. The Morgan fingerprint density at radius 2 is 1.93 bits per heavy atom. The topological polar surface area (TPSA) is 16.1 Å². The highest BCUT2D eigenvalue weighted by Gasteiger charge is 2.04. The number of nitrogens with zero attached hydrogens (tertiary/aromatic N) is 2. The van der Waals surface area contributed by atoms with Crippen LogP contribution in [0.5, 0.6) is 0 Å². The second-order valence-electron chi connectivity index (χ2n) is 3.97. The number of pyridine rings is 1. The first kappa shape index (κ1) is 11.0. The maximum Gasteiger partial charge on any atom is 0.0396 e. The summed E-state index contributed by atoms with van der Waals surface area (Å²) in [6.07, 6.45) is 4.96. The lowest BCUT2D eigenvalue weighted by Crippen LogP contribution is -2.24. The van der Waals surface area contributed by atoms with E-state index < -0.39 is 0 Å². The molecule has 0 saturated heterocycles. The molecule has 2 heteroatoms. The van der Waals surface area contributed by atoms with Gasteiger partial charge in [-0.25, -0.2) is 0 Å². The molecule has 0 aliphatic carbocycles. The normalized spacial score (nSPS) is 10.6. The van der Waals surface area contributed by atoms with Crippen molar-refractivity contribution in [2.45, 2.75) is 27.2 Å². The van der Waals surface area contributed by atoms with Crippen LogP contribution in [0, 0.1) is 5.92 Å². The minimum atomic E-state index is 0.769. The van der Waals surface area contributed by atoms with Crippen LogP contribution < -0.4 is 4.90 Å². The first-order valence-electron chi connectivity index (χ1n) is 5.39. The van der Waals surface area contributed by atoms with Crippen LogP contribution in [0.15, 0.2) is 24.5 Å². The molecule has 0 atom stereocenters. The van der Waals surface area contributed by atoms with Gasteiger partial charge in [0.1, 0.15) is 0 Å². The summed E-state index contributed by atoms with van der Waals surface area (Å²) >= 11 is 0. The van der Waals surface area contributed by atoms with Crippen LogP contribution in [-0.2, 0) is 0 Å². The van der Waals surface area contributed by atoms with Crippen molar-refractivity contribution >= 4 is 5.69 Å². The molecule has 0 N–H and O–H groups in total. The Bertz CT molecular complexity index is 244. The molecule has 0 fully saturated rings. The van der Waals surface area contributed by atoms with Crippen molar-refractivity contribution in [1.82, 2.24) is 4.98 Å². The van der Waals surface area contributed by atoms with E-state index in [1.165, 1.54) is 12.1 Å². The third kappa shape index (κ3) is 3.36. The third-order valence-corrected chi connectivity index (χ3v) is 2.39. The lowest BCUT2D eigenvalue weighted by molar-refractivity contribution is 0.576. The molecular weight excluding hydrogens is 172 g/mol. The van der Waals surface area contributed by atoms with E-state index in [1.54, 1.807) is 0 Å². The standard InChI is InChI=1S/C12H20N2/c1-4-14(10-7-11(2)3)12-5-8-13-9-6-12/h5-6,8-9,11H,4,7,10H2,1-3H3. The first-order chi connectivity index (χ1) is 6.74. The summed E-state index contributed by atoms with van der Waals surface area (Å²) in [5.41, 5.74) is 1.28. The SMILES string of the molecule is CCN(CCC(C)C)c1ccncc1. The highest BCUT2D eigenvalue weighted by atomic mass is 15.1. The summed E-state index contributed by atoms with van der Waals surface area (Å²) in [6.45, 7) is 8.93. The molecule has 1 rings (SSSR count). The quantitative estimate of drug-likeness (QED) is 0.713. The maximum absolute atomic E-state index is 4.03. The smallest absolute Gasteiger partial charge is 0.0396 e.